The lowest BCUT2D eigenvalue weighted by atomic mass is 10.2. The average molecular weight is 278 g/mol. The van der Waals surface area contributed by atoms with Crippen LogP contribution in [0.5, 0.6) is 0 Å². The van der Waals surface area contributed by atoms with E-state index in [1.807, 2.05) is 6.92 Å². The first-order valence-electron chi connectivity index (χ1n) is 4.51. The average Bonchev–Trinajstić information content (AvgIpc) is 2.14. The van der Waals surface area contributed by atoms with Crippen molar-refractivity contribution in [2.45, 2.75) is 32.6 Å². The van der Waals surface area contributed by atoms with E-state index in [4.69, 9.17) is 4.55 Å². The van der Waals surface area contributed by atoms with Crippen LogP contribution in [-0.4, -0.2) is 28.0 Å². The zero-order valence-electron chi connectivity index (χ0n) is 8.66. The fourth-order valence-corrected chi connectivity index (χ4v) is 1.69. The molecule has 0 aromatic rings. The number of hydrogen-bond donors (Lipinski definition) is 1. The van der Waals surface area contributed by atoms with E-state index >= 15 is 0 Å². The molecule has 0 heterocycles. The van der Waals surface area contributed by atoms with Crippen molar-refractivity contribution in [2.24, 2.45) is 0 Å². The normalized spacial score (nSPS) is 12.9. The quantitative estimate of drug-likeness (QED) is 0.282. The summed E-state index contributed by atoms with van der Waals surface area (Å²) in [6.45, 7) is 1.85. The molecule has 8 nitrogen and oxygen atoms in total. The maximum Gasteiger partial charge on any atom is 0.427 e. The molecular formula is C6H14O8S2. The SMILES string of the molecule is CCCCCCOS(=O)(=O)OOS(=O)(=O)O. The van der Waals surface area contributed by atoms with Gasteiger partial charge in [-0.1, -0.05) is 34.9 Å². The molecule has 0 fully saturated rings. The molecule has 10 heteroatoms. The Kier molecular flexibility index (Phi) is 7.03. The molecule has 0 bridgehead atoms. The highest BCUT2D eigenvalue weighted by Gasteiger charge is 2.18. The summed E-state index contributed by atoms with van der Waals surface area (Å²) in [5.41, 5.74) is 0. The van der Waals surface area contributed by atoms with Crippen molar-refractivity contribution in [3.05, 3.63) is 0 Å². The highest BCUT2D eigenvalue weighted by atomic mass is 32.3. The third-order valence-electron chi connectivity index (χ3n) is 1.42. The van der Waals surface area contributed by atoms with Crippen molar-refractivity contribution >= 4 is 20.8 Å². The fourth-order valence-electron chi connectivity index (χ4n) is 0.779. The number of hydrogen-bond acceptors (Lipinski definition) is 7. The second-order valence-electron chi connectivity index (χ2n) is 2.85. The van der Waals surface area contributed by atoms with Gasteiger partial charge in [-0.3, -0.25) is 4.55 Å². The summed E-state index contributed by atoms with van der Waals surface area (Å²) >= 11 is 0. The second kappa shape index (κ2) is 7.14. The molecule has 0 amide bonds. The van der Waals surface area contributed by atoms with E-state index in [0.717, 1.165) is 19.3 Å². The van der Waals surface area contributed by atoms with Gasteiger partial charge in [0, 0.05) is 0 Å². The Morgan fingerprint density at radius 2 is 1.62 bits per heavy atom. The molecule has 0 saturated carbocycles. The van der Waals surface area contributed by atoms with Crippen LogP contribution < -0.4 is 0 Å². The maximum atomic E-state index is 10.8. The number of rotatable bonds is 9. The fraction of sp³-hybridized carbons (Fsp3) is 1.00. The Balaban J connectivity index is 3.80. The van der Waals surface area contributed by atoms with Crippen molar-refractivity contribution in [1.29, 1.82) is 0 Å². The monoisotopic (exact) mass is 278 g/mol. The molecule has 0 saturated heterocycles. The van der Waals surface area contributed by atoms with Gasteiger partial charge in [-0.2, -0.15) is 16.8 Å². The lowest BCUT2D eigenvalue weighted by Gasteiger charge is -2.02. The maximum absolute atomic E-state index is 10.8. The van der Waals surface area contributed by atoms with Crippen LogP contribution in [0.2, 0.25) is 0 Å². The topological polar surface area (TPSA) is 116 Å². The molecule has 0 aliphatic rings. The minimum Gasteiger partial charge on any atom is -0.262 e. The van der Waals surface area contributed by atoms with Crippen LogP contribution >= 0.6 is 0 Å². The molecule has 0 aliphatic carbocycles. The van der Waals surface area contributed by atoms with Crippen LogP contribution in [0, 0.1) is 0 Å². The Labute approximate surface area is 94.7 Å². The summed E-state index contributed by atoms with van der Waals surface area (Å²) in [5.74, 6) is 0. The van der Waals surface area contributed by atoms with Crippen molar-refractivity contribution in [1.82, 2.24) is 0 Å². The molecule has 0 radical (unpaired) electrons. The molecule has 1 N–H and O–H groups in total. The summed E-state index contributed by atoms with van der Waals surface area (Å²) in [7, 11) is -9.54. The molecule has 0 atom stereocenters. The van der Waals surface area contributed by atoms with E-state index in [1.165, 1.54) is 0 Å². The van der Waals surface area contributed by atoms with Crippen molar-refractivity contribution in [3.8, 4) is 0 Å². The van der Waals surface area contributed by atoms with Gasteiger partial charge < -0.3 is 0 Å². The molecular weight excluding hydrogens is 264 g/mol. The van der Waals surface area contributed by atoms with Gasteiger partial charge in [-0.15, -0.1) is 0 Å². The van der Waals surface area contributed by atoms with E-state index in [2.05, 4.69) is 12.9 Å². The minimum atomic E-state index is -4.98. The summed E-state index contributed by atoms with van der Waals surface area (Å²) in [5, 5.41) is 0. The first kappa shape index (κ1) is 15.7. The van der Waals surface area contributed by atoms with E-state index in [-0.39, 0.29) is 6.61 Å². The predicted octanol–water partition coefficient (Wildman–Crippen LogP) is 0.579. The van der Waals surface area contributed by atoms with Gasteiger partial charge in [0.05, 0.1) is 6.61 Å². The van der Waals surface area contributed by atoms with Gasteiger partial charge in [-0.05, 0) is 6.42 Å². The third-order valence-corrected chi connectivity index (χ3v) is 2.44. The molecule has 0 rings (SSSR count). The highest BCUT2D eigenvalue weighted by molar-refractivity contribution is 7.83. The van der Waals surface area contributed by atoms with Crippen molar-refractivity contribution < 1.29 is 34.2 Å². The summed E-state index contributed by atoms with van der Waals surface area (Å²) in [6, 6.07) is 0. The molecule has 0 aromatic heterocycles. The van der Waals surface area contributed by atoms with Gasteiger partial charge in [0.15, 0.2) is 0 Å². The summed E-state index contributed by atoms with van der Waals surface area (Å²) < 4.78 is 60.3. The van der Waals surface area contributed by atoms with Crippen LogP contribution in [0.4, 0.5) is 0 Å². The lowest BCUT2D eigenvalue weighted by Crippen LogP contribution is -2.14. The lowest BCUT2D eigenvalue weighted by molar-refractivity contribution is -0.108. The van der Waals surface area contributed by atoms with Crippen LogP contribution in [0.15, 0.2) is 0 Å². The Hall–Kier alpha value is -0.260. The van der Waals surface area contributed by atoms with E-state index in [0.29, 0.717) is 6.42 Å². The van der Waals surface area contributed by atoms with Crippen LogP contribution in [0.3, 0.4) is 0 Å². The molecule has 0 aliphatic heterocycles. The smallest absolute Gasteiger partial charge is 0.262 e. The summed E-state index contributed by atoms with van der Waals surface area (Å²) in [6.07, 6.45) is 3.19. The van der Waals surface area contributed by atoms with E-state index in [9.17, 15) is 16.8 Å². The van der Waals surface area contributed by atoms with E-state index < -0.39 is 20.8 Å². The third kappa shape index (κ3) is 10.3. The zero-order chi connectivity index (χ0) is 12.7. The van der Waals surface area contributed by atoms with Crippen molar-refractivity contribution in [2.75, 3.05) is 6.61 Å². The molecule has 98 valence electrons. The largest absolute Gasteiger partial charge is 0.427 e. The minimum absolute atomic E-state index is 0.142. The molecule has 16 heavy (non-hydrogen) atoms. The molecule has 0 unspecified atom stereocenters. The van der Waals surface area contributed by atoms with Gasteiger partial charge in [0.1, 0.15) is 0 Å². The standard InChI is InChI=1S/C6H14O8S2/c1-2-3-4-5-6-12-16(10,11)14-13-15(7,8)9/h2-6H2,1H3,(H,7,8,9). The first-order valence-corrected chi connectivity index (χ1v) is 7.21. The van der Waals surface area contributed by atoms with Crippen LogP contribution in [0.25, 0.3) is 0 Å². The summed E-state index contributed by atoms with van der Waals surface area (Å²) in [4.78, 5) is 0. The second-order valence-corrected chi connectivity index (χ2v) is 5.03. The Morgan fingerprint density at radius 3 is 2.12 bits per heavy atom. The van der Waals surface area contributed by atoms with Gasteiger partial charge in [0.2, 0.25) is 0 Å². The Bertz CT molecular complexity index is 369. The zero-order valence-corrected chi connectivity index (χ0v) is 10.3. The first-order chi connectivity index (χ1) is 7.27. The van der Waals surface area contributed by atoms with Crippen LogP contribution in [-0.2, 0) is 33.6 Å². The van der Waals surface area contributed by atoms with Gasteiger partial charge >= 0.3 is 20.8 Å². The van der Waals surface area contributed by atoms with Crippen LogP contribution in [0.1, 0.15) is 32.6 Å². The van der Waals surface area contributed by atoms with E-state index in [1.54, 1.807) is 0 Å². The van der Waals surface area contributed by atoms with Gasteiger partial charge in [-0.25, -0.2) is 4.18 Å². The number of unbranched alkanes of at least 4 members (excludes halogenated alkanes) is 3. The predicted molar refractivity (Wildman–Crippen MR) is 52.7 cm³/mol. The molecule has 0 aromatic carbocycles. The van der Waals surface area contributed by atoms with Crippen molar-refractivity contribution in [3.63, 3.8) is 0 Å². The molecule has 0 spiro atoms. The van der Waals surface area contributed by atoms with Gasteiger partial charge in [0.25, 0.3) is 0 Å². The Morgan fingerprint density at radius 1 is 1.00 bits per heavy atom. The highest BCUT2D eigenvalue weighted by Crippen LogP contribution is 2.04.